The first-order valence-electron chi connectivity index (χ1n) is 38.7. The molecule has 6 atom stereocenters. The minimum absolute atomic E-state index is 0.000506. The standard InChI is InChI=1S/C33H43NO5S.2C28H37NO5S2/c1-21-17-24(18-22(2)31(21)39-33(4,5)23(3)35)11-12-26-19-34(32(37)38-27-9-7-8-10-27)20-29(26)30(36)25-13-15-28(40-6)16-14-25;2*1-18-14-21(15-19(2)27(18)34-28(4,5)20(3)30)8-9-23-16-29(36(7,32)33)17-25(23)26(31)22-10-12-24(35-6)13-11-22/h13-18,26-27,29H,7-12,19-20H2,1-6H3;2*10-15,23,25H,8-9,16-17H2,1-7H3/t26-,29-;2*23-,25-/m110/s1. The first kappa shape index (κ1) is 90.4. The van der Waals surface area contributed by atoms with Crippen molar-refractivity contribution < 1.29 is 69.3 Å². The zero-order chi connectivity index (χ0) is 82.7. The normalized spacial score (nSPS) is 19.1. The molecule has 6 aromatic rings. The van der Waals surface area contributed by atoms with Gasteiger partial charge < -0.3 is 23.8 Å². The van der Waals surface area contributed by atoms with E-state index < -0.39 is 36.8 Å². The van der Waals surface area contributed by atoms with Gasteiger partial charge in [0.25, 0.3) is 0 Å². The van der Waals surface area contributed by atoms with Crippen LogP contribution in [-0.4, -0.2) is 165 Å². The van der Waals surface area contributed by atoms with Crippen LogP contribution < -0.4 is 14.2 Å². The molecule has 3 saturated heterocycles. The van der Waals surface area contributed by atoms with Gasteiger partial charge in [0.2, 0.25) is 20.0 Å². The van der Waals surface area contributed by atoms with Crippen molar-refractivity contribution in [2.75, 3.05) is 70.5 Å². The van der Waals surface area contributed by atoms with E-state index in [-0.39, 0.29) is 95.5 Å². The molecule has 0 unspecified atom stereocenters. The minimum Gasteiger partial charge on any atom is -0.480 e. The number of nitrogens with zero attached hydrogens (tertiary/aromatic N) is 3. The van der Waals surface area contributed by atoms with Crippen molar-refractivity contribution in [3.05, 3.63) is 176 Å². The summed E-state index contributed by atoms with van der Waals surface area (Å²) in [4.78, 5) is 94.4. The predicted molar refractivity (Wildman–Crippen MR) is 451 cm³/mol. The number of aryl methyl sites for hydroxylation is 9. The number of carbonyl (C=O) groups excluding carboxylic acids is 7. The maximum atomic E-state index is 13.7. The average molecular weight is 1630 g/mol. The number of ether oxygens (including phenoxy) is 4. The molecule has 1 amide bonds. The molecule has 0 spiro atoms. The molecule has 112 heavy (non-hydrogen) atoms. The summed E-state index contributed by atoms with van der Waals surface area (Å²) in [7, 11) is -6.78. The van der Waals surface area contributed by atoms with E-state index in [2.05, 4.69) is 36.4 Å². The van der Waals surface area contributed by atoms with Crippen LogP contribution in [0, 0.1) is 77.0 Å². The number of sulfonamides is 2. The van der Waals surface area contributed by atoms with E-state index in [0.29, 0.717) is 67.2 Å². The highest BCUT2D eigenvalue weighted by Gasteiger charge is 2.44. The molecule has 4 fully saturated rings. The Morgan fingerprint density at radius 1 is 0.402 bits per heavy atom. The second-order valence-corrected chi connectivity index (χ2v) is 39.1. The van der Waals surface area contributed by atoms with Crippen LogP contribution in [-0.2, 0) is 58.4 Å². The number of Topliss-reactive ketones (excluding diaryl/α,β-unsaturated/α-hetero) is 6. The van der Waals surface area contributed by atoms with Gasteiger partial charge in [-0.25, -0.2) is 30.2 Å². The van der Waals surface area contributed by atoms with E-state index in [1.54, 1.807) is 88.7 Å². The van der Waals surface area contributed by atoms with E-state index in [0.717, 1.165) is 122 Å². The molecular weight excluding hydrogens is 1510 g/mol. The summed E-state index contributed by atoms with van der Waals surface area (Å²) in [5, 5.41) is 0. The number of carbonyl (C=O) groups is 7. The van der Waals surface area contributed by atoms with Crippen LogP contribution in [0.3, 0.4) is 0 Å². The van der Waals surface area contributed by atoms with E-state index >= 15 is 0 Å². The van der Waals surface area contributed by atoms with Gasteiger partial charge >= 0.3 is 6.09 Å². The summed E-state index contributed by atoms with van der Waals surface area (Å²) < 4.78 is 76.1. The van der Waals surface area contributed by atoms with Crippen LogP contribution in [0.25, 0.3) is 0 Å². The monoisotopic (exact) mass is 1630 g/mol. The lowest BCUT2D eigenvalue weighted by Crippen LogP contribution is -2.36. The fraction of sp³-hybridized carbons (Fsp3) is 0.517. The second kappa shape index (κ2) is 38.6. The summed E-state index contributed by atoms with van der Waals surface area (Å²) >= 11 is 4.88. The van der Waals surface area contributed by atoms with E-state index in [4.69, 9.17) is 18.9 Å². The molecule has 18 nitrogen and oxygen atoms in total. The smallest absolute Gasteiger partial charge is 0.410 e. The third-order valence-electron chi connectivity index (χ3n) is 22.7. The fourth-order valence-corrected chi connectivity index (χ4v) is 18.2. The number of hydrogen-bond acceptors (Lipinski definition) is 18. The highest BCUT2D eigenvalue weighted by Crippen LogP contribution is 2.40. The van der Waals surface area contributed by atoms with Crippen LogP contribution in [0.2, 0.25) is 0 Å². The van der Waals surface area contributed by atoms with Crippen molar-refractivity contribution in [1.82, 2.24) is 13.5 Å². The van der Waals surface area contributed by atoms with Gasteiger partial charge in [-0.2, -0.15) is 0 Å². The second-order valence-electron chi connectivity index (χ2n) is 32.5. The minimum atomic E-state index is -3.39. The number of amides is 1. The summed E-state index contributed by atoms with van der Waals surface area (Å²) in [6.07, 6.45) is 16.6. The Bertz CT molecular complexity index is 4360. The van der Waals surface area contributed by atoms with Crippen LogP contribution in [0.15, 0.2) is 124 Å². The summed E-state index contributed by atoms with van der Waals surface area (Å²) in [6, 6.07) is 35.3. The van der Waals surface area contributed by atoms with Gasteiger partial charge in [-0.15, -0.1) is 35.3 Å². The van der Waals surface area contributed by atoms with Crippen molar-refractivity contribution in [3.8, 4) is 17.2 Å². The van der Waals surface area contributed by atoms with E-state index in [1.165, 1.54) is 35.0 Å². The molecule has 10 rings (SSSR count). The zero-order valence-corrected chi connectivity index (χ0v) is 73.3. The van der Waals surface area contributed by atoms with Gasteiger partial charge in [0.15, 0.2) is 51.5 Å². The largest absolute Gasteiger partial charge is 0.480 e. The number of likely N-dealkylation sites (tertiary alicyclic amines) is 1. The lowest BCUT2D eigenvalue weighted by molar-refractivity contribution is -0.130. The Hall–Kier alpha value is -7.12. The van der Waals surface area contributed by atoms with E-state index in [9.17, 15) is 50.4 Å². The number of benzene rings is 6. The van der Waals surface area contributed by atoms with Crippen molar-refractivity contribution in [2.45, 2.75) is 206 Å². The first-order valence-corrected chi connectivity index (χ1v) is 46.1. The molecule has 23 heteroatoms. The Labute approximate surface area is 679 Å². The van der Waals surface area contributed by atoms with Gasteiger partial charge in [0.05, 0.1) is 12.5 Å². The summed E-state index contributed by atoms with van der Waals surface area (Å²) in [5.74, 6) is 1.05. The third kappa shape index (κ3) is 23.8. The Balaban J connectivity index is 0.000000211. The number of rotatable bonds is 30. The van der Waals surface area contributed by atoms with Crippen molar-refractivity contribution >= 4 is 96.1 Å². The van der Waals surface area contributed by atoms with Gasteiger partial charge in [0, 0.05) is 88.4 Å². The lowest BCUT2D eigenvalue weighted by Gasteiger charge is -2.26. The zero-order valence-electron chi connectivity index (χ0n) is 69.3. The van der Waals surface area contributed by atoms with Gasteiger partial charge in [-0.05, 0) is 291 Å². The fourth-order valence-electron chi connectivity index (χ4n) is 15.2. The third-order valence-corrected chi connectivity index (χ3v) is 27.4. The number of ketones is 6. The van der Waals surface area contributed by atoms with Gasteiger partial charge in [-0.3, -0.25) is 28.8 Å². The van der Waals surface area contributed by atoms with Crippen molar-refractivity contribution in [3.63, 3.8) is 0 Å². The van der Waals surface area contributed by atoms with Crippen LogP contribution >= 0.6 is 35.3 Å². The lowest BCUT2D eigenvalue weighted by atomic mass is 9.84. The van der Waals surface area contributed by atoms with Crippen LogP contribution in [0.4, 0.5) is 4.79 Å². The maximum absolute atomic E-state index is 13.7. The molecule has 1 aliphatic carbocycles. The first-order chi connectivity index (χ1) is 52.4. The Kier molecular flexibility index (Phi) is 31.1. The van der Waals surface area contributed by atoms with Crippen molar-refractivity contribution in [2.24, 2.45) is 35.5 Å². The topological polar surface area (TPSA) is 234 Å². The predicted octanol–water partition coefficient (Wildman–Crippen LogP) is 17.4. The molecule has 0 N–H and O–H groups in total. The SMILES string of the molecule is CSc1ccc(C(=O)[C@@H]2CN(C(=O)OC3CCCC3)C[C@H]2CCc2cc(C)c(OC(C)(C)C(C)=O)c(C)c2)cc1.CSc1ccc(C(=O)[C@@H]2CN(S(C)(=O)=O)C[C@H]2CCc2cc(C)c(OC(C)(C)C(C)=O)c(C)c2)cc1.CSc1ccc(C(=O)[C@H]2CN(S(C)(=O)=O)C[C@@H]2CCc2cc(C)c(OC(C)(C)C(C)=O)c(C)c2)cc1. The number of thioether (sulfide) groups is 3. The highest BCUT2D eigenvalue weighted by atomic mass is 32.2. The summed E-state index contributed by atoms with van der Waals surface area (Å²) in [6.45, 7) is 29.2. The van der Waals surface area contributed by atoms with Crippen molar-refractivity contribution in [1.29, 1.82) is 0 Å². The van der Waals surface area contributed by atoms with Crippen LogP contribution in [0.1, 0.15) is 188 Å². The van der Waals surface area contributed by atoms with Gasteiger partial charge in [0.1, 0.15) is 23.4 Å². The molecule has 0 radical (unpaired) electrons. The molecule has 608 valence electrons. The van der Waals surface area contributed by atoms with E-state index in [1.807, 2.05) is 133 Å². The molecular formula is C89H117N3O15S5. The van der Waals surface area contributed by atoms with Crippen LogP contribution in [0.5, 0.6) is 17.2 Å². The molecule has 4 aliphatic rings. The molecule has 6 aromatic carbocycles. The number of hydrogen-bond donors (Lipinski definition) is 0. The molecule has 1 saturated carbocycles. The molecule has 0 aromatic heterocycles. The highest BCUT2D eigenvalue weighted by molar-refractivity contribution is 7.99. The molecule has 3 heterocycles. The average Bonchev–Trinajstić information content (AvgIpc) is 1.34. The molecule has 0 bridgehead atoms. The Morgan fingerprint density at radius 2 is 0.661 bits per heavy atom. The molecule has 3 aliphatic heterocycles. The Morgan fingerprint density at radius 3 is 0.911 bits per heavy atom. The van der Waals surface area contributed by atoms with Gasteiger partial charge in [-0.1, -0.05) is 72.8 Å². The summed E-state index contributed by atoms with van der Waals surface area (Å²) in [5.41, 5.74) is 8.37. The quantitative estimate of drug-likeness (QED) is 0.0301. The maximum Gasteiger partial charge on any atom is 0.410 e.